The number of hydrogen-bond donors (Lipinski definition) is 1. The highest BCUT2D eigenvalue weighted by Gasteiger charge is 2.22. The molecule has 0 aliphatic rings. The molecule has 0 aliphatic heterocycles. The highest BCUT2D eigenvalue weighted by atomic mass is 32.2. The molecule has 1 rings (SSSR count). The minimum Gasteiger partial charge on any atom is -0.326 e. The smallest absolute Gasteiger partial charge is 0.242 e. The van der Waals surface area contributed by atoms with Gasteiger partial charge in [0.15, 0.2) is 0 Å². The Balaban J connectivity index is 3.09. The maximum absolute atomic E-state index is 12.5. The molecule has 0 saturated carbocycles. The first kappa shape index (κ1) is 17.1. The highest BCUT2D eigenvalue weighted by Crippen LogP contribution is 2.20. The molecular weight excluding hydrogens is 272 g/mol. The first-order valence-corrected chi connectivity index (χ1v) is 8.58. The van der Waals surface area contributed by atoms with Crippen LogP contribution in [0.2, 0.25) is 0 Å². The molecular formula is C15H26N2O2S. The molecule has 0 saturated heterocycles. The van der Waals surface area contributed by atoms with E-state index in [0.29, 0.717) is 23.9 Å². The van der Waals surface area contributed by atoms with Gasteiger partial charge in [-0.2, -0.15) is 0 Å². The molecule has 0 aliphatic carbocycles. The van der Waals surface area contributed by atoms with Gasteiger partial charge in [0.25, 0.3) is 0 Å². The lowest BCUT2D eigenvalue weighted by molar-refractivity contribution is 0.393. The zero-order valence-electron chi connectivity index (χ0n) is 12.9. The van der Waals surface area contributed by atoms with E-state index < -0.39 is 10.0 Å². The molecule has 1 aromatic carbocycles. The van der Waals surface area contributed by atoms with Gasteiger partial charge < -0.3 is 5.73 Å². The van der Waals surface area contributed by atoms with Crippen LogP contribution in [0.5, 0.6) is 0 Å². The van der Waals surface area contributed by atoms with E-state index in [4.69, 9.17) is 5.73 Å². The van der Waals surface area contributed by atoms with E-state index >= 15 is 0 Å². The Morgan fingerprint density at radius 3 is 2.40 bits per heavy atom. The molecule has 0 heterocycles. The number of sulfonamides is 1. The number of rotatable bonds is 7. The van der Waals surface area contributed by atoms with Crippen molar-refractivity contribution in [1.29, 1.82) is 0 Å². The van der Waals surface area contributed by atoms with Gasteiger partial charge in [0.05, 0.1) is 4.90 Å². The van der Waals surface area contributed by atoms with Gasteiger partial charge in [-0.25, -0.2) is 12.7 Å². The van der Waals surface area contributed by atoms with Crippen LogP contribution in [-0.4, -0.2) is 26.3 Å². The Kier molecular flexibility index (Phi) is 6.17. The van der Waals surface area contributed by atoms with Gasteiger partial charge in [-0.05, 0) is 35.6 Å². The van der Waals surface area contributed by atoms with E-state index in [0.717, 1.165) is 24.0 Å². The summed E-state index contributed by atoms with van der Waals surface area (Å²) in [5.74, 6) is 0.346. The average Bonchev–Trinajstić information content (AvgIpc) is 2.45. The van der Waals surface area contributed by atoms with Crippen LogP contribution in [0.15, 0.2) is 23.1 Å². The van der Waals surface area contributed by atoms with E-state index in [2.05, 4.69) is 13.8 Å². The molecule has 1 atom stereocenters. The molecule has 5 heteroatoms. The maximum atomic E-state index is 12.5. The van der Waals surface area contributed by atoms with E-state index in [1.807, 2.05) is 13.0 Å². The third kappa shape index (κ3) is 3.81. The zero-order chi connectivity index (χ0) is 15.3. The van der Waals surface area contributed by atoms with Gasteiger partial charge in [-0.15, -0.1) is 0 Å². The second kappa shape index (κ2) is 7.20. The fourth-order valence-corrected chi connectivity index (χ4v) is 3.49. The predicted octanol–water partition coefficient (Wildman–Crippen LogP) is 2.37. The molecule has 0 spiro atoms. The summed E-state index contributed by atoms with van der Waals surface area (Å²) >= 11 is 0. The third-order valence-corrected chi connectivity index (χ3v) is 5.57. The van der Waals surface area contributed by atoms with Crippen LogP contribution in [0, 0.1) is 5.92 Å². The Labute approximate surface area is 123 Å². The monoisotopic (exact) mass is 298 g/mol. The van der Waals surface area contributed by atoms with Crippen molar-refractivity contribution in [3.8, 4) is 0 Å². The Hall–Kier alpha value is -0.910. The molecule has 0 aromatic heterocycles. The van der Waals surface area contributed by atoms with Gasteiger partial charge in [-0.1, -0.05) is 33.3 Å². The molecule has 20 heavy (non-hydrogen) atoms. The summed E-state index contributed by atoms with van der Waals surface area (Å²) in [6.45, 7) is 7.05. The Morgan fingerprint density at radius 1 is 1.25 bits per heavy atom. The van der Waals surface area contributed by atoms with Crippen molar-refractivity contribution < 1.29 is 8.42 Å². The van der Waals surface area contributed by atoms with Crippen LogP contribution in [0.25, 0.3) is 0 Å². The summed E-state index contributed by atoms with van der Waals surface area (Å²) < 4.78 is 26.5. The van der Waals surface area contributed by atoms with Crippen LogP contribution in [0.1, 0.15) is 38.3 Å². The SMILES string of the molecule is CCc1ccc(S(=O)(=O)N(C)CC(C)CC)cc1CN. The third-order valence-electron chi connectivity index (χ3n) is 3.75. The van der Waals surface area contributed by atoms with Crippen molar-refractivity contribution in [3.63, 3.8) is 0 Å². The molecule has 0 bridgehead atoms. The number of aryl methyl sites for hydroxylation is 1. The summed E-state index contributed by atoms with van der Waals surface area (Å²) in [5.41, 5.74) is 7.72. The van der Waals surface area contributed by atoms with Crippen molar-refractivity contribution >= 4 is 10.0 Å². The van der Waals surface area contributed by atoms with Crippen molar-refractivity contribution in [3.05, 3.63) is 29.3 Å². The standard InChI is InChI=1S/C15H26N2O2S/c1-5-12(3)11-17(4)20(18,19)15-8-7-13(6-2)14(9-15)10-16/h7-9,12H,5-6,10-11,16H2,1-4H3. The van der Waals surface area contributed by atoms with E-state index in [-0.39, 0.29) is 0 Å². The second-order valence-corrected chi connectivity index (χ2v) is 7.33. The Bertz CT molecular complexity index is 541. The van der Waals surface area contributed by atoms with Crippen LogP contribution in [0.4, 0.5) is 0 Å². The summed E-state index contributed by atoms with van der Waals surface area (Å²) in [4.78, 5) is 0.334. The van der Waals surface area contributed by atoms with E-state index in [1.165, 1.54) is 4.31 Å². The lowest BCUT2D eigenvalue weighted by Crippen LogP contribution is -2.31. The number of hydrogen-bond acceptors (Lipinski definition) is 3. The zero-order valence-corrected chi connectivity index (χ0v) is 13.7. The van der Waals surface area contributed by atoms with E-state index in [9.17, 15) is 8.42 Å². The summed E-state index contributed by atoms with van der Waals surface area (Å²) in [6, 6.07) is 5.26. The second-order valence-electron chi connectivity index (χ2n) is 5.29. The summed E-state index contributed by atoms with van der Waals surface area (Å²) in [6.07, 6.45) is 1.82. The van der Waals surface area contributed by atoms with E-state index in [1.54, 1.807) is 19.2 Å². The summed E-state index contributed by atoms with van der Waals surface area (Å²) in [5, 5.41) is 0. The fraction of sp³-hybridized carbons (Fsp3) is 0.600. The van der Waals surface area contributed by atoms with Crippen molar-refractivity contribution in [2.24, 2.45) is 11.7 Å². The molecule has 0 fully saturated rings. The first-order chi connectivity index (χ1) is 9.36. The molecule has 4 nitrogen and oxygen atoms in total. The Morgan fingerprint density at radius 2 is 1.90 bits per heavy atom. The highest BCUT2D eigenvalue weighted by molar-refractivity contribution is 7.89. The van der Waals surface area contributed by atoms with Gasteiger partial charge in [0.1, 0.15) is 0 Å². The maximum Gasteiger partial charge on any atom is 0.242 e. The topological polar surface area (TPSA) is 63.4 Å². The van der Waals surface area contributed by atoms with Crippen LogP contribution < -0.4 is 5.73 Å². The molecule has 0 radical (unpaired) electrons. The molecule has 1 unspecified atom stereocenters. The number of nitrogens with zero attached hydrogens (tertiary/aromatic N) is 1. The number of nitrogens with two attached hydrogens (primary N) is 1. The quantitative estimate of drug-likeness (QED) is 0.840. The lowest BCUT2D eigenvalue weighted by Gasteiger charge is -2.21. The number of benzene rings is 1. The first-order valence-electron chi connectivity index (χ1n) is 7.14. The van der Waals surface area contributed by atoms with Crippen LogP contribution in [0.3, 0.4) is 0 Å². The molecule has 114 valence electrons. The molecule has 0 amide bonds. The molecule has 2 N–H and O–H groups in total. The van der Waals surface area contributed by atoms with Gasteiger partial charge in [0, 0.05) is 20.1 Å². The van der Waals surface area contributed by atoms with Crippen molar-refractivity contribution in [1.82, 2.24) is 4.31 Å². The van der Waals surface area contributed by atoms with Gasteiger partial charge in [0.2, 0.25) is 10.0 Å². The normalized spacial score (nSPS) is 13.7. The van der Waals surface area contributed by atoms with Crippen molar-refractivity contribution in [2.75, 3.05) is 13.6 Å². The van der Waals surface area contributed by atoms with Gasteiger partial charge >= 0.3 is 0 Å². The lowest BCUT2D eigenvalue weighted by atomic mass is 10.1. The average molecular weight is 298 g/mol. The van der Waals surface area contributed by atoms with Crippen molar-refractivity contribution in [2.45, 2.75) is 45.1 Å². The molecule has 1 aromatic rings. The predicted molar refractivity (Wildman–Crippen MR) is 83.0 cm³/mol. The van der Waals surface area contributed by atoms with Crippen LogP contribution in [-0.2, 0) is 23.0 Å². The van der Waals surface area contributed by atoms with Gasteiger partial charge in [-0.3, -0.25) is 0 Å². The van der Waals surface area contributed by atoms with Crippen LogP contribution >= 0.6 is 0 Å². The largest absolute Gasteiger partial charge is 0.326 e. The minimum atomic E-state index is -3.42. The minimum absolute atomic E-state index is 0.334. The summed E-state index contributed by atoms with van der Waals surface area (Å²) in [7, 11) is -1.79. The fourth-order valence-electron chi connectivity index (χ4n) is 2.14.